The Bertz CT molecular complexity index is 1630. The SMILES string of the molecule is Cc1nn(C)c(C2=CCN(c3ccc(Cl)cc3F)CC2)c1-c1cc(S(=O)(=O)N(C)C)ccc1S(N)(=O)=O. The molecule has 2 aromatic carbocycles. The number of benzene rings is 2. The van der Waals surface area contributed by atoms with Gasteiger partial charge in [0, 0.05) is 50.4 Å². The van der Waals surface area contributed by atoms with Crippen LogP contribution in [0.25, 0.3) is 16.7 Å². The van der Waals surface area contributed by atoms with Crippen LogP contribution >= 0.6 is 11.6 Å². The minimum absolute atomic E-state index is 0.0730. The minimum atomic E-state index is -4.20. The van der Waals surface area contributed by atoms with Crippen molar-refractivity contribution < 1.29 is 21.2 Å². The number of nitrogens with two attached hydrogens (primary N) is 1. The van der Waals surface area contributed by atoms with E-state index in [1.165, 1.54) is 38.4 Å². The molecule has 2 heterocycles. The van der Waals surface area contributed by atoms with Crippen LogP contribution in [0.5, 0.6) is 0 Å². The molecule has 0 saturated heterocycles. The highest BCUT2D eigenvalue weighted by Crippen LogP contribution is 2.39. The molecule has 0 spiro atoms. The minimum Gasteiger partial charge on any atom is -0.365 e. The Labute approximate surface area is 221 Å². The Balaban J connectivity index is 1.85. The number of aryl methyl sites for hydroxylation is 2. The predicted octanol–water partition coefficient (Wildman–Crippen LogP) is 3.38. The molecule has 2 N–H and O–H groups in total. The number of primary sulfonamides is 1. The van der Waals surface area contributed by atoms with Gasteiger partial charge in [-0.05, 0) is 55.3 Å². The van der Waals surface area contributed by atoms with Crippen molar-refractivity contribution in [2.45, 2.75) is 23.1 Å². The summed E-state index contributed by atoms with van der Waals surface area (Å²) in [6, 6.07) is 8.28. The average Bonchev–Trinajstić information content (AvgIpc) is 3.11. The second-order valence-corrected chi connectivity index (χ2v) is 13.1. The largest absolute Gasteiger partial charge is 0.365 e. The lowest BCUT2D eigenvalue weighted by Gasteiger charge is -2.29. The summed E-state index contributed by atoms with van der Waals surface area (Å²) in [5, 5.41) is 10.3. The van der Waals surface area contributed by atoms with Crippen LogP contribution in [0.4, 0.5) is 10.1 Å². The first-order valence-electron chi connectivity index (χ1n) is 11.2. The fourth-order valence-electron chi connectivity index (χ4n) is 4.51. The lowest BCUT2D eigenvalue weighted by atomic mass is 9.95. The maximum atomic E-state index is 14.5. The van der Waals surface area contributed by atoms with Crippen molar-refractivity contribution >= 4 is 42.9 Å². The highest BCUT2D eigenvalue weighted by atomic mass is 35.5. The van der Waals surface area contributed by atoms with E-state index in [1.807, 2.05) is 11.0 Å². The van der Waals surface area contributed by atoms with Crippen molar-refractivity contribution in [1.29, 1.82) is 0 Å². The lowest BCUT2D eigenvalue weighted by molar-refractivity contribution is 0.520. The molecule has 0 unspecified atom stereocenters. The van der Waals surface area contributed by atoms with Crippen LogP contribution in [0.1, 0.15) is 17.8 Å². The maximum Gasteiger partial charge on any atom is 0.242 e. The molecule has 198 valence electrons. The highest BCUT2D eigenvalue weighted by Gasteiger charge is 2.28. The van der Waals surface area contributed by atoms with Gasteiger partial charge in [0.1, 0.15) is 5.82 Å². The van der Waals surface area contributed by atoms with E-state index in [0.717, 1.165) is 9.88 Å². The molecule has 0 aliphatic carbocycles. The van der Waals surface area contributed by atoms with Crippen molar-refractivity contribution in [3.63, 3.8) is 0 Å². The molecule has 0 bridgehead atoms. The molecule has 1 aliphatic rings. The summed E-state index contributed by atoms with van der Waals surface area (Å²) in [5.41, 5.74) is 3.06. The monoisotopic (exact) mass is 567 g/mol. The van der Waals surface area contributed by atoms with E-state index in [0.29, 0.717) is 47.2 Å². The first-order valence-corrected chi connectivity index (χ1v) is 14.6. The molecule has 4 rings (SSSR count). The molecule has 0 amide bonds. The van der Waals surface area contributed by atoms with Gasteiger partial charge in [0.05, 0.1) is 26.9 Å². The molecular weight excluding hydrogens is 541 g/mol. The Morgan fingerprint density at radius 2 is 1.81 bits per heavy atom. The van der Waals surface area contributed by atoms with E-state index in [2.05, 4.69) is 5.10 Å². The fraction of sp³-hybridized carbons (Fsp3) is 0.292. The molecule has 0 saturated carbocycles. The molecule has 1 aromatic heterocycles. The highest BCUT2D eigenvalue weighted by molar-refractivity contribution is 7.89. The summed E-state index contributed by atoms with van der Waals surface area (Å²) in [6.45, 7) is 2.61. The molecule has 3 aromatic rings. The van der Waals surface area contributed by atoms with Gasteiger partial charge in [-0.25, -0.2) is 30.7 Å². The quantitative estimate of drug-likeness (QED) is 0.488. The Morgan fingerprint density at radius 3 is 2.38 bits per heavy atom. The van der Waals surface area contributed by atoms with E-state index < -0.39 is 25.9 Å². The van der Waals surface area contributed by atoms with Gasteiger partial charge in [-0.1, -0.05) is 17.7 Å². The van der Waals surface area contributed by atoms with E-state index in [4.69, 9.17) is 16.7 Å². The van der Waals surface area contributed by atoms with Crippen LogP contribution in [0.15, 0.2) is 52.3 Å². The number of nitrogens with zero attached hydrogens (tertiary/aromatic N) is 4. The van der Waals surface area contributed by atoms with Crippen molar-refractivity contribution in [2.75, 3.05) is 32.1 Å². The number of aromatic nitrogens is 2. The van der Waals surface area contributed by atoms with E-state index in [1.54, 1.807) is 30.8 Å². The standard InChI is InChI=1S/C24H27ClFN5O4S2/c1-15-23(19-14-18(37(34,35)29(2)3)6-8-22(19)36(27,32)33)24(30(4)28-15)16-9-11-31(12-10-16)21-7-5-17(25)13-20(21)26/h5-9,13-14H,10-12H2,1-4H3,(H2,27,32,33). The topological polar surface area (TPSA) is 119 Å². The maximum absolute atomic E-state index is 14.5. The van der Waals surface area contributed by atoms with E-state index in [9.17, 15) is 21.2 Å². The van der Waals surface area contributed by atoms with Gasteiger partial charge in [0.25, 0.3) is 0 Å². The second-order valence-electron chi connectivity index (χ2n) is 8.94. The van der Waals surface area contributed by atoms with Gasteiger partial charge in [-0.15, -0.1) is 0 Å². The molecule has 0 atom stereocenters. The zero-order valence-electron chi connectivity index (χ0n) is 20.7. The van der Waals surface area contributed by atoms with Crippen molar-refractivity contribution in [3.05, 3.63) is 64.7 Å². The second kappa shape index (κ2) is 9.84. The number of hydrogen-bond acceptors (Lipinski definition) is 6. The summed E-state index contributed by atoms with van der Waals surface area (Å²) in [7, 11) is -3.53. The summed E-state index contributed by atoms with van der Waals surface area (Å²) in [4.78, 5) is 1.60. The van der Waals surface area contributed by atoms with Crippen molar-refractivity contribution in [3.8, 4) is 11.1 Å². The first-order chi connectivity index (χ1) is 17.2. The van der Waals surface area contributed by atoms with Crippen LogP contribution in [0.3, 0.4) is 0 Å². The van der Waals surface area contributed by atoms with Gasteiger partial charge >= 0.3 is 0 Å². The number of sulfonamides is 2. The molecule has 37 heavy (non-hydrogen) atoms. The van der Waals surface area contributed by atoms with Gasteiger partial charge in [0.2, 0.25) is 20.0 Å². The molecular formula is C24H27ClFN5O4S2. The van der Waals surface area contributed by atoms with E-state index >= 15 is 0 Å². The van der Waals surface area contributed by atoms with Crippen LogP contribution in [0, 0.1) is 12.7 Å². The van der Waals surface area contributed by atoms with Crippen LogP contribution < -0.4 is 10.0 Å². The number of hydrogen-bond donors (Lipinski definition) is 1. The zero-order chi connectivity index (χ0) is 27.3. The van der Waals surface area contributed by atoms with Gasteiger partial charge < -0.3 is 4.90 Å². The average molecular weight is 568 g/mol. The lowest BCUT2D eigenvalue weighted by Crippen LogP contribution is -2.29. The predicted molar refractivity (Wildman–Crippen MR) is 142 cm³/mol. The number of halogens is 2. The van der Waals surface area contributed by atoms with Crippen LogP contribution in [-0.2, 0) is 27.1 Å². The Hall–Kier alpha value is -2.77. The number of rotatable bonds is 6. The zero-order valence-corrected chi connectivity index (χ0v) is 23.1. The van der Waals surface area contributed by atoms with Gasteiger partial charge in [0.15, 0.2) is 0 Å². The summed E-state index contributed by atoms with van der Waals surface area (Å²) in [6.07, 6.45) is 2.43. The fourth-order valence-corrected chi connectivity index (χ4v) is 6.33. The van der Waals surface area contributed by atoms with Gasteiger partial charge in [-0.2, -0.15) is 5.10 Å². The molecule has 0 fully saturated rings. The molecule has 9 nitrogen and oxygen atoms in total. The summed E-state index contributed by atoms with van der Waals surface area (Å²) < 4.78 is 67.9. The first kappa shape index (κ1) is 27.3. The normalized spacial score (nSPS) is 14.8. The molecule has 0 radical (unpaired) electrons. The van der Waals surface area contributed by atoms with Crippen LogP contribution in [-0.4, -0.2) is 58.1 Å². The van der Waals surface area contributed by atoms with E-state index in [-0.39, 0.29) is 15.4 Å². The smallest absolute Gasteiger partial charge is 0.242 e. The summed E-state index contributed by atoms with van der Waals surface area (Å²) >= 11 is 5.88. The Kier molecular flexibility index (Phi) is 7.25. The third kappa shape index (κ3) is 5.16. The third-order valence-corrected chi connectivity index (χ3v) is 9.31. The summed E-state index contributed by atoms with van der Waals surface area (Å²) in [5.74, 6) is -0.418. The van der Waals surface area contributed by atoms with Gasteiger partial charge in [-0.3, -0.25) is 4.68 Å². The van der Waals surface area contributed by atoms with Crippen LogP contribution in [0.2, 0.25) is 5.02 Å². The van der Waals surface area contributed by atoms with Crippen molar-refractivity contribution in [2.24, 2.45) is 12.2 Å². The third-order valence-electron chi connectivity index (χ3n) is 6.29. The Morgan fingerprint density at radius 1 is 1.11 bits per heavy atom. The molecule has 1 aliphatic heterocycles. The number of anilines is 1. The van der Waals surface area contributed by atoms with Crippen molar-refractivity contribution in [1.82, 2.24) is 14.1 Å². The molecule has 13 heteroatoms.